The monoisotopic (exact) mass is 294 g/mol. The van der Waals surface area contributed by atoms with Crippen molar-refractivity contribution in [3.63, 3.8) is 0 Å². The number of pyridine rings is 1. The molecule has 0 radical (unpaired) electrons. The maximum Gasteiger partial charge on any atom is 0.319 e. The highest BCUT2D eigenvalue weighted by atomic mass is 16.2. The van der Waals surface area contributed by atoms with Crippen LogP contribution in [0.4, 0.5) is 10.5 Å². The molecule has 0 atom stereocenters. The van der Waals surface area contributed by atoms with Gasteiger partial charge < -0.3 is 10.6 Å². The fourth-order valence-corrected chi connectivity index (χ4v) is 2.24. The van der Waals surface area contributed by atoms with Crippen LogP contribution < -0.4 is 10.6 Å². The van der Waals surface area contributed by atoms with Crippen molar-refractivity contribution in [1.82, 2.24) is 14.9 Å². The van der Waals surface area contributed by atoms with Crippen LogP contribution in [0.1, 0.15) is 16.8 Å². The van der Waals surface area contributed by atoms with Gasteiger partial charge in [0, 0.05) is 11.9 Å². The summed E-state index contributed by atoms with van der Waals surface area (Å²) in [7, 11) is 0. The van der Waals surface area contributed by atoms with Gasteiger partial charge in [0.25, 0.3) is 0 Å². The van der Waals surface area contributed by atoms with Gasteiger partial charge in [-0.1, -0.05) is 12.1 Å². The molecule has 0 aliphatic heterocycles. The highest BCUT2D eigenvalue weighted by molar-refractivity contribution is 5.89. The van der Waals surface area contributed by atoms with Gasteiger partial charge in [-0.15, -0.1) is 0 Å². The van der Waals surface area contributed by atoms with Gasteiger partial charge in [-0.2, -0.15) is 5.10 Å². The van der Waals surface area contributed by atoms with E-state index in [4.69, 9.17) is 0 Å². The zero-order chi connectivity index (χ0) is 15.5. The van der Waals surface area contributed by atoms with Crippen LogP contribution in [0.3, 0.4) is 0 Å². The molecule has 2 amide bonds. The first kappa shape index (κ1) is 14.1. The third-order valence-electron chi connectivity index (χ3n) is 3.62. The number of fused-ring (bicyclic) bond motifs is 1. The molecule has 0 bridgehead atoms. The number of carbonyl (C=O) groups excluding carboxylic acids is 1. The number of nitrogens with one attached hydrogen (secondary N) is 2. The summed E-state index contributed by atoms with van der Waals surface area (Å²) in [4.78, 5) is 11.9. The van der Waals surface area contributed by atoms with Crippen LogP contribution in [-0.4, -0.2) is 15.6 Å². The van der Waals surface area contributed by atoms with Gasteiger partial charge in [0.1, 0.15) is 0 Å². The first-order valence-electron chi connectivity index (χ1n) is 7.17. The molecule has 2 aromatic heterocycles. The molecule has 0 fully saturated rings. The van der Waals surface area contributed by atoms with E-state index in [1.54, 1.807) is 4.52 Å². The van der Waals surface area contributed by atoms with Crippen molar-refractivity contribution in [2.45, 2.75) is 20.4 Å². The average Bonchev–Trinajstić information content (AvgIpc) is 2.92. The van der Waals surface area contributed by atoms with Crippen LogP contribution in [0.5, 0.6) is 0 Å². The lowest BCUT2D eigenvalue weighted by atomic mass is 10.1. The molecule has 2 heterocycles. The number of anilines is 1. The number of aryl methyl sites for hydroxylation is 2. The molecule has 0 unspecified atom stereocenters. The molecule has 5 nitrogen and oxygen atoms in total. The van der Waals surface area contributed by atoms with Crippen molar-refractivity contribution >= 4 is 17.2 Å². The van der Waals surface area contributed by atoms with E-state index in [0.717, 1.165) is 22.5 Å². The largest absolute Gasteiger partial charge is 0.332 e. The van der Waals surface area contributed by atoms with Gasteiger partial charge in [0.2, 0.25) is 0 Å². The van der Waals surface area contributed by atoms with Gasteiger partial charge in [-0.25, -0.2) is 9.31 Å². The molecule has 2 N–H and O–H groups in total. The predicted molar refractivity (Wildman–Crippen MR) is 87.0 cm³/mol. The smallest absolute Gasteiger partial charge is 0.319 e. The Balaban J connectivity index is 1.60. The summed E-state index contributed by atoms with van der Waals surface area (Å²) in [5.41, 5.74) is 4.97. The van der Waals surface area contributed by atoms with E-state index in [9.17, 15) is 4.79 Å². The van der Waals surface area contributed by atoms with Crippen LogP contribution >= 0.6 is 0 Å². The van der Waals surface area contributed by atoms with Gasteiger partial charge >= 0.3 is 6.03 Å². The molecule has 22 heavy (non-hydrogen) atoms. The topological polar surface area (TPSA) is 58.4 Å². The summed E-state index contributed by atoms with van der Waals surface area (Å²) in [5, 5.41) is 10.0. The summed E-state index contributed by atoms with van der Waals surface area (Å²) in [6.45, 7) is 4.45. The number of hydrogen-bond donors (Lipinski definition) is 2. The molecule has 1 aromatic carbocycles. The standard InChI is InChI=1S/C17H18N4O/c1-12-6-7-14(9-13(12)2)19-17(22)18-11-15-10-16-5-3-4-8-21(16)20-15/h3-10H,11H2,1-2H3,(H2,18,19,22). The first-order valence-corrected chi connectivity index (χ1v) is 7.17. The summed E-state index contributed by atoms with van der Waals surface area (Å²) >= 11 is 0. The van der Waals surface area contributed by atoms with E-state index in [-0.39, 0.29) is 6.03 Å². The van der Waals surface area contributed by atoms with Crippen molar-refractivity contribution in [1.29, 1.82) is 0 Å². The molecule has 0 aliphatic rings. The zero-order valence-corrected chi connectivity index (χ0v) is 12.6. The average molecular weight is 294 g/mol. The summed E-state index contributed by atoms with van der Waals surface area (Å²) in [5.74, 6) is 0. The highest BCUT2D eigenvalue weighted by Crippen LogP contribution is 2.14. The van der Waals surface area contributed by atoms with Crippen LogP contribution in [0, 0.1) is 13.8 Å². The molecule has 112 valence electrons. The van der Waals surface area contributed by atoms with E-state index in [2.05, 4.69) is 15.7 Å². The summed E-state index contributed by atoms with van der Waals surface area (Å²) < 4.78 is 1.79. The number of rotatable bonds is 3. The van der Waals surface area contributed by atoms with E-state index in [1.807, 2.05) is 62.5 Å². The van der Waals surface area contributed by atoms with Crippen molar-refractivity contribution in [3.8, 4) is 0 Å². The van der Waals surface area contributed by atoms with Crippen LogP contribution in [0.15, 0.2) is 48.7 Å². The van der Waals surface area contributed by atoms with Gasteiger partial charge in [-0.05, 0) is 55.3 Å². The van der Waals surface area contributed by atoms with Crippen LogP contribution in [-0.2, 0) is 6.54 Å². The van der Waals surface area contributed by atoms with Crippen molar-refractivity contribution in [2.24, 2.45) is 0 Å². The third-order valence-corrected chi connectivity index (χ3v) is 3.62. The number of carbonyl (C=O) groups is 1. The van der Waals surface area contributed by atoms with Crippen molar-refractivity contribution < 1.29 is 4.79 Å². The fraction of sp³-hybridized carbons (Fsp3) is 0.176. The Labute approximate surface area is 129 Å². The molecular weight excluding hydrogens is 276 g/mol. The number of benzene rings is 1. The molecule has 5 heteroatoms. The predicted octanol–water partition coefficient (Wildman–Crippen LogP) is 3.27. The van der Waals surface area contributed by atoms with E-state index < -0.39 is 0 Å². The Kier molecular flexibility index (Phi) is 3.78. The minimum Gasteiger partial charge on any atom is -0.332 e. The maximum atomic E-state index is 11.9. The normalized spacial score (nSPS) is 10.6. The lowest BCUT2D eigenvalue weighted by Crippen LogP contribution is -2.28. The molecule has 0 aliphatic carbocycles. The van der Waals surface area contributed by atoms with E-state index >= 15 is 0 Å². The summed E-state index contributed by atoms with van der Waals surface area (Å²) in [6, 6.07) is 13.4. The second kappa shape index (κ2) is 5.89. The van der Waals surface area contributed by atoms with Crippen molar-refractivity contribution in [3.05, 3.63) is 65.5 Å². The third kappa shape index (κ3) is 3.09. The molecule has 0 saturated heterocycles. The SMILES string of the molecule is Cc1ccc(NC(=O)NCc2cc3ccccn3n2)cc1C. The summed E-state index contributed by atoms with van der Waals surface area (Å²) in [6.07, 6.45) is 1.88. The van der Waals surface area contributed by atoms with Gasteiger partial charge in [-0.3, -0.25) is 0 Å². The minimum absolute atomic E-state index is 0.236. The lowest BCUT2D eigenvalue weighted by molar-refractivity contribution is 0.251. The number of hydrogen-bond acceptors (Lipinski definition) is 2. The molecule has 0 saturated carbocycles. The molecular formula is C17H18N4O. The Bertz CT molecular complexity index is 789. The number of nitrogens with zero attached hydrogens (tertiary/aromatic N) is 2. The Morgan fingerprint density at radius 3 is 2.77 bits per heavy atom. The first-order chi connectivity index (χ1) is 10.6. The Hall–Kier alpha value is -2.82. The minimum atomic E-state index is -0.236. The second-order valence-corrected chi connectivity index (χ2v) is 5.31. The number of urea groups is 1. The van der Waals surface area contributed by atoms with Crippen LogP contribution in [0.25, 0.3) is 5.52 Å². The Morgan fingerprint density at radius 1 is 1.14 bits per heavy atom. The maximum absolute atomic E-state index is 11.9. The molecule has 0 spiro atoms. The lowest BCUT2D eigenvalue weighted by Gasteiger charge is -2.08. The zero-order valence-electron chi connectivity index (χ0n) is 12.6. The Morgan fingerprint density at radius 2 is 2.00 bits per heavy atom. The molecule has 3 aromatic rings. The second-order valence-electron chi connectivity index (χ2n) is 5.31. The fourth-order valence-electron chi connectivity index (χ4n) is 2.24. The highest BCUT2D eigenvalue weighted by Gasteiger charge is 2.05. The van der Waals surface area contributed by atoms with E-state index in [1.165, 1.54) is 5.56 Å². The number of aromatic nitrogens is 2. The van der Waals surface area contributed by atoms with E-state index in [0.29, 0.717) is 6.54 Å². The van der Waals surface area contributed by atoms with Crippen LogP contribution in [0.2, 0.25) is 0 Å². The van der Waals surface area contributed by atoms with Crippen molar-refractivity contribution in [2.75, 3.05) is 5.32 Å². The van der Waals surface area contributed by atoms with Gasteiger partial charge in [0.15, 0.2) is 0 Å². The van der Waals surface area contributed by atoms with Gasteiger partial charge in [0.05, 0.1) is 17.8 Å². The number of amides is 2. The quantitative estimate of drug-likeness (QED) is 0.779. The molecule has 3 rings (SSSR count).